The van der Waals surface area contributed by atoms with Crippen LogP contribution in [0.25, 0.3) is 65.7 Å². The van der Waals surface area contributed by atoms with Crippen molar-refractivity contribution in [2.75, 3.05) is 0 Å². The summed E-state index contributed by atoms with van der Waals surface area (Å²) in [5.74, 6) is 0.829. The Kier molecular flexibility index (Phi) is 7.00. The Bertz CT molecular complexity index is 2760. The lowest BCUT2D eigenvalue weighted by molar-refractivity contribution is 0.409. The van der Waals surface area contributed by atoms with Crippen molar-refractivity contribution in [3.63, 3.8) is 0 Å². The second kappa shape index (κ2) is 12.1. The van der Waals surface area contributed by atoms with Crippen LogP contribution in [0, 0.1) is 0 Å². The van der Waals surface area contributed by atoms with Crippen LogP contribution in [0.3, 0.4) is 0 Å². The van der Waals surface area contributed by atoms with Gasteiger partial charge in [-0.15, -0.1) is 0 Å². The zero-order chi connectivity index (χ0) is 33.7. The van der Waals surface area contributed by atoms with Gasteiger partial charge in [0.1, 0.15) is 29.3 Å². The van der Waals surface area contributed by atoms with Gasteiger partial charge in [0.2, 0.25) is 0 Å². The first-order valence-corrected chi connectivity index (χ1v) is 17.4. The van der Waals surface area contributed by atoms with Crippen LogP contribution in [0.1, 0.15) is 29.0 Å². The summed E-state index contributed by atoms with van der Waals surface area (Å²) in [6.07, 6.45) is -0.407. The van der Waals surface area contributed by atoms with Crippen LogP contribution >= 0.6 is 0 Å². The van der Waals surface area contributed by atoms with Crippen molar-refractivity contribution in [3.8, 4) is 22.3 Å². The van der Waals surface area contributed by atoms with Crippen molar-refractivity contribution in [2.45, 2.75) is 12.3 Å². The molecule has 0 fully saturated rings. The molecule has 1 aliphatic heterocycles. The number of amidine groups is 1. The number of rotatable bonds is 5. The third-order valence-electron chi connectivity index (χ3n) is 10.2. The predicted molar refractivity (Wildman–Crippen MR) is 211 cm³/mol. The van der Waals surface area contributed by atoms with Gasteiger partial charge in [0.15, 0.2) is 0 Å². The molecule has 4 heteroatoms. The fourth-order valence-corrected chi connectivity index (χ4v) is 7.67. The molecule has 2 unspecified atom stereocenters. The van der Waals surface area contributed by atoms with Crippen LogP contribution in [0.15, 0.2) is 185 Å². The van der Waals surface area contributed by atoms with Crippen LogP contribution in [0.5, 0.6) is 0 Å². The Morgan fingerprint density at radius 3 is 1.86 bits per heavy atom. The van der Waals surface area contributed by atoms with Gasteiger partial charge in [0, 0.05) is 16.3 Å². The van der Waals surface area contributed by atoms with Crippen molar-refractivity contribution >= 4 is 49.3 Å². The van der Waals surface area contributed by atoms with E-state index < -0.39 is 0 Å². The maximum absolute atomic E-state index is 6.56. The molecule has 2 heterocycles. The molecule has 2 N–H and O–H groups in total. The van der Waals surface area contributed by atoms with Crippen molar-refractivity contribution < 1.29 is 4.42 Å². The van der Waals surface area contributed by atoms with Gasteiger partial charge in [0.25, 0.3) is 0 Å². The number of hydrogen-bond donors (Lipinski definition) is 2. The molecule has 1 aromatic heterocycles. The summed E-state index contributed by atoms with van der Waals surface area (Å²) in [6.45, 7) is 0. The van der Waals surface area contributed by atoms with Gasteiger partial charge in [-0.05, 0) is 73.1 Å². The van der Waals surface area contributed by atoms with E-state index in [2.05, 4.69) is 187 Å². The van der Waals surface area contributed by atoms with Crippen molar-refractivity contribution in [3.05, 3.63) is 193 Å². The van der Waals surface area contributed by atoms with Crippen molar-refractivity contribution in [2.24, 2.45) is 4.99 Å². The molecule has 1 aliphatic rings. The molecule has 0 spiro atoms. The van der Waals surface area contributed by atoms with Crippen LogP contribution in [-0.4, -0.2) is 5.84 Å². The predicted octanol–water partition coefficient (Wildman–Crippen LogP) is 11.6. The standard InChI is InChI=1S/C47H33N3O/c1-2-13-34(14-3-1)45-48-46(36-28-23-30-11-4-5-15-35(30)29-36)50-47(49-45)40-20-10-22-42-44(40)43-39(19-9-21-41(43)51-42)33-26-24-32(25-27-33)38-18-8-16-31-12-6-7-17-37(31)38/h1-29,45-46,48H,(H,49,50). The van der Waals surface area contributed by atoms with E-state index in [4.69, 9.17) is 9.41 Å². The molecule has 0 radical (unpaired) electrons. The molecular formula is C47H33N3O. The van der Waals surface area contributed by atoms with E-state index in [-0.39, 0.29) is 12.3 Å². The molecule has 2 atom stereocenters. The average molecular weight is 656 g/mol. The first-order chi connectivity index (χ1) is 25.3. The quantitative estimate of drug-likeness (QED) is 0.194. The van der Waals surface area contributed by atoms with Gasteiger partial charge in [0.05, 0.1) is 0 Å². The fourth-order valence-electron chi connectivity index (χ4n) is 7.67. The maximum Gasteiger partial charge on any atom is 0.136 e. The number of furan rings is 1. The van der Waals surface area contributed by atoms with Gasteiger partial charge >= 0.3 is 0 Å². The molecule has 10 rings (SSSR count). The molecule has 0 saturated heterocycles. The normalized spacial score (nSPS) is 16.0. The summed E-state index contributed by atoms with van der Waals surface area (Å²) in [6, 6.07) is 62.2. The summed E-state index contributed by atoms with van der Waals surface area (Å²) in [7, 11) is 0. The van der Waals surface area contributed by atoms with Gasteiger partial charge in [-0.3, -0.25) is 5.32 Å². The number of hydrogen-bond acceptors (Lipinski definition) is 4. The average Bonchev–Trinajstić information content (AvgIpc) is 3.60. The van der Waals surface area contributed by atoms with E-state index in [1.165, 1.54) is 32.7 Å². The molecule has 0 bridgehead atoms. The molecule has 51 heavy (non-hydrogen) atoms. The minimum absolute atomic E-state index is 0.148. The molecule has 0 amide bonds. The summed E-state index contributed by atoms with van der Waals surface area (Å²) in [5, 5.41) is 14.6. The monoisotopic (exact) mass is 655 g/mol. The third kappa shape index (κ3) is 5.16. The summed E-state index contributed by atoms with van der Waals surface area (Å²) < 4.78 is 6.56. The zero-order valence-corrected chi connectivity index (χ0v) is 27.8. The highest BCUT2D eigenvalue weighted by Gasteiger charge is 2.28. The lowest BCUT2D eigenvalue weighted by Gasteiger charge is -2.32. The smallest absolute Gasteiger partial charge is 0.136 e. The van der Waals surface area contributed by atoms with E-state index in [0.29, 0.717) is 0 Å². The minimum Gasteiger partial charge on any atom is -0.456 e. The van der Waals surface area contributed by atoms with Gasteiger partial charge in [-0.25, -0.2) is 4.99 Å². The van der Waals surface area contributed by atoms with Crippen LogP contribution in [0.2, 0.25) is 0 Å². The number of benzene rings is 8. The van der Waals surface area contributed by atoms with E-state index >= 15 is 0 Å². The van der Waals surface area contributed by atoms with Gasteiger partial charge in [-0.1, -0.05) is 158 Å². The molecule has 8 aromatic carbocycles. The molecule has 0 saturated carbocycles. The molecule has 242 valence electrons. The number of fused-ring (bicyclic) bond motifs is 5. The number of aliphatic imine (C=N–C) groups is 1. The Balaban J connectivity index is 1.12. The second-order valence-corrected chi connectivity index (χ2v) is 13.2. The first kappa shape index (κ1) is 29.4. The van der Waals surface area contributed by atoms with Gasteiger partial charge in [-0.2, -0.15) is 0 Å². The minimum atomic E-state index is -0.259. The van der Waals surface area contributed by atoms with Crippen LogP contribution in [0.4, 0.5) is 0 Å². The Morgan fingerprint density at radius 1 is 0.451 bits per heavy atom. The van der Waals surface area contributed by atoms with Crippen LogP contribution < -0.4 is 10.6 Å². The van der Waals surface area contributed by atoms with Gasteiger partial charge < -0.3 is 9.73 Å². The summed E-state index contributed by atoms with van der Waals surface area (Å²) in [4.78, 5) is 5.37. The topological polar surface area (TPSA) is 49.6 Å². The lowest BCUT2D eigenvalue weighted by Crippen LogP contribution is -2.45. The summed E-state index contributed by atoms with van der Waals surface area (Å²) >= 11 is 0. The SMILES string of the molecule is c1ccc(C2NC(c3cccc4oc5cccc(-c6ccc(-c7cccc8ccccc78)cc6)c5c34)=NC(c3ccc4ccccc4c3)N2)cc1. The first-order valence-electron chi connectivity index (χ1n) is 17.4. The van der Waals surface area contributed by atoms with E-state index in [0.717, 1.165) is 55.6 Å². The Hall–Kier alpha value is -6.49. The third-order valence-corrected chi connectivity index (χ3v) is 10.2. The van der Waals surface area contributed by atoms with E-state index in [1.807, 2.05) is 0 Å². The maximum atomic E-state index is 6.56. The van der Waals surface area contributed by atoms with Crippen molar-refractivity contribution in [1.29, 1.82) is 0 Å². The number of nitrogens with one attached hydrogen (secondary N) is 2. The van der Waals surface area contributed by atoms with E-state index in [1.54, 1.807) is 0 Å². The largest absolute Gasteiger partial charge is 0.456 e. The van der Waals surface area contributed by atoms with Crippen molar-refractivity contribution in [1.82, 2.24) is 10.6 Å². The highest BCUT2D eigenvalue weighted by Crippen LogP contribution is 2.40. The zero-order valence-electron chi connectivity index (χ0n) is 27.8. The van der Waals surface area contributed by atoms with E-state index in [9.17, 15) is 0 Å². The Labute approximate surface area is 295 Å². The molecule has 0 aliphatic carbocycles. The molecular weight excluding hydrogens is 623 g/mol. The fraction of sp³-hybridized carbons (Fsp3) is 0.0426. The summed E-state index contributed by atoms with van der Waals surface area (Å²) in [5.41, 5.74) is 9.66. The highest BCUT2D eigenvalue weighted by molar-refractivity contribution is 6.21. The number of nitrogens with zero attached hydrogens (tertiary/aromatic N) is 1. The molecule has 4 nitrogen and oxygen atoms in total. The molecule has 9 aromatic rings. The second-order valence-electron chi connectivity index (χ2n) is 13.2. The highest BCUT2D eigenvalue weighted by atomic mass is 16.3. The van der Waals surface area contributed by atoms with Crippen LogP contribution in [-0.2, 0) is 0 Å². The Morgan fingerprint density at radius 2 is 1.06 bits per heavy atom. The lowest BCUT2D eigenvalue weighted by atomic mass is 9.94.